The Hall–Kier alpha value is -0.390. The van der Waals surface area contributed by atoms with Crippen LogP contribution in [0.2, 0.25) is 0 Å². The number of hydrogen-bond donors (Lipinski definition) is 2. The van der Waals surface area contributed by atoms with Gasteiger partial charge < -0.3 is 10.2 Å². The lowest BCUT2D eigenvalue weighted by molar-refractivity contribution is -0.0478. The standard InChI is InChI=1S/C12H21BrN2O2/c1-5-8-11(13)9(15(6-2)14-8)7-10(16)12(3,4)17/h10,16-17H,5-7H2,1-4H3. The van der Waals surface area contributed by atoms with E-state index in [1.54, 1.807) is 13.8 Å². The van der Waals surface area contributed by atoms with Crippen molar-refractivity contribution in [1.29, 1.82) is 0 Å². The number of rotatable bonds is 5. The van der Waals surface area contributed by atoms with Gasteiger partial charge in [-0.15, -0.1) is 0 Å². The highest BCUT2D eigenvalue weighted by molar-refractivity contribution is 9.10. The van der Waals surface area contributed by atoms with Gasteiger partial charge in [-0.25, -0.2) is 0 Å². The predicted molar refractivity (Wildman–Crippen MR) is 71.0 cm³/mol. The van der Waals surface area contributed by atoms with Crippen LogP contribution in [0.4, 0.5) is 0 Å². The van der Waals surface area contributed by atoms with Gasteiger partial charge in [-0.1, -0.05) is 6.92 Å². The monoisotopic (exact) mass is 304 g/mol. The molecule has 0 fully saturated rings. The van der Waals surface area contributed by atoms with Crippen LogP contribution in [0.1, 0.15) is 39.1 Å². The van der Waals surface area contributed by atoms with E-state index in [1.807, 2.05) is 18.5 Å². The van der Waals surface area contributed by atoms with Crippen molar-refractivity contribution in [2.24, 2.45) is 0 Å². The second-order valence-electron chi connectivity index (χ2n) is 4.75. The van der Waals surface area contributed by atoms with Gasteiger partial charge in [0, 0.05) is 13.0 Å². The van der Waals surface area contributed by atoms with Gasteiger partial charge in [0.1, 0.15) is 0 Å². The number of hydrogen-bond acceptors (Lipinski definition) is 3. The molecule has 1 atom stereocenters. The van der Waals surface area contributed by atoms with E-state index in [1.165, 1.54) is 0 Å². The first kappa shape index (κ1) is 14.7. The molecule has 98 valence electrons. The van der Waals surface area contributed by atoms with Gasteiger partial charge in [0.25, 0.3) is 0 Å². The first-order chi connectivity index (χ1) is 7.81. The molecule has 0 aromatic carbocycles. The van der Waals surface area contributed by atoms with E-state index in [0.717, 1.165) is 28.8 Å². The van der Waals surface area contributed by atoms with Crippen LogP contribution in [0, 0.1) is 0 Å². The van der Waals surface area contributed by atoms with Crippen molar-refractivity contribution in [2.45, 2.75) is 58.8 Å². The van der Waals surface area contributed by atoms with E-state index in [-0.39, 0.29) is 0 Å². The summed E-state index contributed by atoms with van der Waals surface area (Å²) >= 11 is 3.52. The lowest BCUT2D eigenvalue weighted by Gasteiger charge is -2.24. The molecule has 0 radical (unpaired) electrons. The lowest BCUT2D eigenvalue weighted by Crippen LogP contribution is -2.38. The van der Waals surface area contributed by atoms with Crippen LogP contribution in [0.3, 0.4) is 0 Å². The maximum atomic E-state index is 9.95. The van der Waals surface area contributed by atoms with E-state index in [2.05, 4.69) is 21.0 Å². The molecule has 0 aliphatic heterocycles. The highest BCUT2D eigenvalue weighted by Gasteiger charge is 2.27. The summed E-state index contributed by atoms with van der Waals surface area (Å²) in [5, 5.41) is 24.2. The summed E-state index contributed by atoms with van der Waals surface area (Å²) in [5.41, 5.74) is 0.832. The summed E-state index contributed by atoms with van der Waals surface area (Å²) in [5.74, 6) is 0. The van der Waals surface area contributed by atoms with Gasteiger partial charge in [-0.05, 0) is 43.1 Å². The Morgan fingerprint density at radius 3 is 2.41 bits per heavy atom. The van der Waals surface area contributed by atoms with Crippen molar-refractivity contribution < 1.29 is 10.2 Å². The average molecular weight is 305 g/mol. The Morgan fingerprint density at radius 1 is 1.41 bits per heavy atom. The molecule has 17 heavy (non-hydrogen) atoms. The molecule has 0 saturated carbocycles. The maximum absolute atomic E-state index is 9.95. The minimum atomic E-state index is -1.10. The Morgan fingerprint density at radius 2 is 2.00 bits per heavy atom. The van der Waals surface area contributed by atoms with Crippen LogP contribution in [-0.2, 0) is 19.4 Å². The van der Waals surface area contributed by atoms with Gasteiger partial charge in [-0.3, -0.25) is 4.68 Å². The zero-order valence-electron chi connectivity index (χ0n) is 10.9. The largest absolute Gasteiger partial charge is 0.390 e. The molecule has 0 aliphatic carbocycles. The molecule has 1 aromatic heterocycles. The number of aliphatic hydroxyl groups excluding tert-OH is 1. The molecule has 1 unspecified atom stereocenters. The number of aliphatic hydroxyl groups is 2. The van der Waals surface area contributed by atoms with Crippen molar-refractivity contribution in [3.63, 3.8) is 0 Å². The van der Waals surface area contributed by atoms with Crippen molar-refractivity contribution in [3.8, 4) is 0 Å². The Balaban J connectivity index is 3.01. The highest BCUT2D eigenvalue weighted by atomic mass is 79.9. The fourth-order valence-corrected chi connectivity index (χ4v) is 2.37. The van der Waals surface area contributed by atoms with Gasteiger partial charge in [-0.2, -0.15) is 5.10 Å². The van der Waals surface area contributed by atoms with E-state index < -0.39 is 11.7 Å². The van der Waals surface area contributed by atoms with Crippen LogP contribution in [0.25, 0.3) is 0 Å². The Labute approximate surface area is 111 Å². The smallest absolute Gasteiger partial charge is 0.0877 e. The van der Waals surface area contributed by atoms with E-state index >= 15 is 0 Å². The molecule has 0 aliphatic rings. The normalized spacial score (nSPS) is 14.1. The van der Waals surface area contributed by atoms with Crippen LogP contribution in [0.15, 0.2) is 4.47 Å². The molecule has 1 heterocycles. The third kappa shape index (κ3) is 3.30. The summed E-state index contributed by atoms with van der Waals surface area (Å²) in [6, 6.07) is 0. The maximum Gasteiger partial charge on any atom is 0.0877 e. The van der Waals surface area contributed by atoms with Crippen molar-refractivity contribution in [1.82, 2.24) is 9.78 Å². The van der Waals surface area contributed by atoms with E-state index in [0.29, 0.717) is 6.42 Å². The third-order valence-electron chi connectivity index (χ3n) is 2.90. The first-order valence-corrected chi connectivity index (χ1v) is 6.75. The molecule has 5 heteroatoms. The summed E-state index contributed by atoms with van der Waals surface area (Å²) in [4.78, 5) is 0. The molecular formula is C12H21BrN2O2. The molecule has 0 saturated heterocycles. The van der Waals surface area contributed by atoms with Gasteiger partial charge in [0.2, 0.25) is 0 Å². The third-order valence-corrected chi connectivity index (χ3v) is 3.81. The second kappa shape index (κ2) is 5.50. The predicted octanol–water partition coefficient (Wildman–Crippen LogP) is 1.90. The minimum Gasteiger partial charge on any atom is -0.390 e. The summed E-state index contributed by atoms with van der Waals surface area (Å²) in [6.45, 7) is 8.03. The van der Waals surface area contributed by atoms with E-state index in [4.69, 9.17) is 0 Å². The summed E-state index contributed by atoms with van der Waals surface area (Å²) in [6.07, 6.45) is 0.440. The van der Waals surface area contributed by atoms with E-state index in [9.17, 15) is 10.2 Å². The Bertz CT molecular complexity index is 383. The molecule has 0 amide bonds. The molecule has 4 nitrogen and oxygen atoms in total. The molecule has 0 spiro atoms. The fourth-order valence-electron chi connectivity index (χ4n) is 1.65. The van der Waals surface area contributed by atoms with Crippen LogP contribution < -0.4 is 0 Å². The minimum absolute atomic E-state index is 0.394. The van der Waals surface area contributed by atoms with Crippen molar-refractivity contribution >= 4 is 15.9 Å². The highest BCUT2D eigenvalue weighted by Crippen LogP contribution is 2.25. The van der Waals surface area contributed by atoms with Crippen molar-refractivity contribution in [2.75, 3.05) is 0 Å². The van der Waals surface area contributed by atoms with Crippen LogP contribution in [0.5, 0.6) is 0 Å². The van der Waals surface area contributed by atoms with Gasteiger partial charge >= 0.3 is 0 Å². The van der Waals surface area contributed by atoms with Gasteiger partial charge in [0.05, 0.1) is 27.6 Å². The molecule has 1 rings (SSSR count). The molecular weight excluding hydrogens is 284 g/mol. The summed E-state index contributed by atoms with van der Waals surface area (Å²) < 4.78 is 2.82. The van der Waals surface area contributed by atoms with Crippen molar-refractivity contribution in [3.05, 3.63) is 15.9 Å². The number of nitrogens with zero attached hydrogens (tertiary/aromatic N) is 2. The zero-order valence-corrected chi connectivity index (χ0v) is 12.5. The van der Waals surface area contributed by atoms with Crippen LogP contribution >= 0.6 is 15.9 Å². The fraction of sp³-hybridized carbons (Fsp3) is 0.750. The lowest BCUT2D eigenvalue weighted by atomic mass is 9.97. The second-order valence-corrected chi connectivity index (χ2v) is 5.54. The topological polar surface area (TPSA) is 58.3 Å². The number of halogens is 1. The Kier molecular flexibility index (Phi) is 4.75. The van der Waals surface area contributed by atoms with Gasteiger partial charge in [0.15, 0.2) is 0 Å². The number of aryl methyl sites for hydroxylation is 2. The summed E-state index contributed by atoms with van der Waals surface area (Å²) in [7, 11) is 0. The quantitative estimate of drug-likeness (QED) is 0.873. The zero-order chi connectivity index (χ0) is 13.2. The molecule has 1 aromatic rings. The molecule has 0 bridgehead atoms. The average Bonchev–Trinajstić information content (AvgIpc) is 2.54. The SMILES string of the molecule is CCc1nn(CC)c(CC(O)C(C)(C)O)c1Br. The molecule has 2 N–H and O–H groups in total. The van der Waals surface area contributed by atoms with Crippen LogP contribution in [-0.4, -0.2) is 31.7 Å². The first-order valence-electron chi connectivity index (χ1n) is 5.95. The number of aromatic nitrogens is 2.